The van der Waals surface area contributed by atoms with Gasteiger partial charge >= 0.3 is 6.36 Å². The SMILES string of the molecule is O=C(CN1C(=O)C(c2ccc(OC(F)(F)F)cc2)=NC12CCCCC2)NC1C=C(F)C(F)=CC1. The Morgan fingerprint density at radius 3 is 2.41 bits per heavy atom. The van der Waals surface area contributed by atoms with Crippen molar-refractivity contribution < 1.29 is 36.3 Å². The van der Waals surface area contributed by atoms with Crippen LogP contribution < -0.4 is 10.1 Å². The van der Waals surface area contributed by atoms with Crippen molar-refractivity contribution in [2.24, 2.45) is 4.99 Å². The van der Waals surface area contributed by atoms with Crippen LogP contribution in [-0.4, -0.2) is 47.0 Å². The van der Waals surface area contributed by atoms with Crippen LogP contribution in [0.4, 0.5) is 22.0 Å². The molecule has 1 aromatic rings. The number of rotatable bonds is 5. The van der Waals surface area contributed by atoms with Gasteiger partial charge in [-0.25, -0.2) is 8.78 Å². The van der Waals surface area contributed by atoms with E-state index in [0.29, 0.717) is 18.4 Å². The Hall–Kier alpha value is -3.24. The second-order valence-corrected chi connectivity index (χ2v) is 8.44. The average molecular weight is 483 g/mol. The van der Waals surface area contributed by atoms with Crippen molar-refractivity contribution in [1.82, 2.24) is 10.2 Å². The number of nitrogens with zero attached hydrogens (tertiary/aromatic N) is 2. The van der Waals surface area contributed by atoms with E-state index in [0.717, 1.165) is 43.5 Å². The van der Waals surface area contributed by atoms with Gasteiger partial charge < -0.3 is 15.0 Å². The van der Waals surface area contributed by atoms with Gasteiger partial charge in [0.15, 0.2) is 11.7 Å². The Bertz CT molecular complexity index is 1060. The van der Waals surface area contributed by atoms with Gasteiger partial charge in [0.2, 0.25) is 5.91 Å². The Balaban J connectivity index is 1.52. The number of alkyl halides is 3. The summed E-state index contributed by atoms with van der Waals surface area (Å²) in [4.78, 5) is 32.0. The molecule has 1 aliphatic heterocycles. The van der Waals surface area contributed by atoms with Crippen LogP contribution in [0.2, 0.25) is 0 Å². The lowest BCUT2D eigenvalue weighted by molar-refractivity contribution is -0.274. The maximum Gasteiger partial charge on any atom is 0.573 e. The summed E-state index contributed by atoms with van der Waals surface area (Å²) in [6.07, 6.45) is 0.873. The van der Waals surface area contributed by atoms with Gasteiger partial charge in [0.25, 0.3) is 5.91 Å². The van der Waals surface area contributed by atoms with Crippen LogP contribution in [0.25, 0.3) is 0 Å². The fourth-order valence-electron chi connectivity index (χ4n) is 4.50. The van der Waals surface area contributed by atoms with Crippen LogP contribution in [0.5, 0.6) is 5.75 Å². The minimum absolute atomic E-state index is 0.0573. The molecule has 0 bridgehead atoms. The van der Waals surface area contributed by atoms with Gasteiger partial charge in [-0.1, -0.05) is 6.42 Å². The number of hydrogen-bond donors (Lipinski definition) is 1. The molecule has 182 valence electrons. The molecule has 1 aromatic carbocycles. The predicted octanol–water partition coefficient (Wildman–Crippen LogP) is 4.47. The van der Waals surface area contributed by atoms with Gasteiger partial charge in [0, 0.05) is 5.56 Å². The second-order valence-electron chi connectivity index (χ2n) is 8.44. The number of aliphatic imine (C=N–C) groups is 1. The summed E-state index contributed by atoms with van der Waals surface area (Å²) in [5, 5.41) is 2.59. The number of nitrogens with one attached hydrogen (secondary N) is 1. The third-order valence-corrected chi connectivity index (χ3v) is 6.06. The van der Waals surface area contributed by atoms with Crippen molar-refractivity contribution in [1.29, 1.82) is 0 Å². The Labute approximate surface area is 192 Å². The highest BCUT2D eigenvalue weighted by Gasteiger charge is 2.48. The normalized spacial score (nSPS) is 22.3. The third-order valence-electron chi connectivity index (χ3n) is 6.06. The highest BCUT2D eigenvalue weighted by Crippen LogP contribution is 2.39. The molecule has 4 rings (SSSR count). The summed E-state index contributed by atoms with van der Waals surface area (Å²) in [5.41, 5.74) is -0.560. The number of benzene rings is 1. The molecule has 11 heteroatoms. The monoisotopic (exact) mass is 483 g/mol. The molecule has 1 fully saturated rings. The number of amides is 2. The van der Waals surface area contributed by atoms with Crippen LogP contribution in [0, 0.1) is 0 Å². The molecular formula is C23H22F5N3O3. The van der Waals surface area contributed by atoms with Gasteiger partial charge in [-0.2, -0.15) is 0 Å². The molecular weight excluding hydrogens is 461 g/mol. The van der Waals surface area contributed by atoms with E-state index >= 15 is 0 Å². The summed E-state index contributed by atoms with van der Waals surface area (Å²) >= 11 is 0. The van der Waals surface area contributed by atoms with Crippen molar-refractivity contribution in [2.45, 2.75) is 56.6 Å². The van der Waals surface area contributed by atoms with E-state index in [1.165, 1.54) is 17.0 Å². The van der Waals surface area contributed by atoms with Gasteiger partial charge in [0.1, 0.15) is 23.7 Å². The molecule has 2 aliphatic carbocycles. The Kier molecular flexibility index (Phi) is 6.46. The van der Waals surface area contributed by atoms with E-state index in [2.05, 4.69) is 15.0 Å². The topological polar surface area (TPSA) is 71.0 Å². The van der Waals surface area contributed by atoms with Gasteiger partial charge in [-0.3, -0.25) is 14.6 Å². The molecule has 6 nitrogen and oxygen atoms in total. The summed E-state index contributed by atoms with van der Waals surface area (Å²) in [6.45, 7) is -0.334. The average Bonchev–Trinajstić information content (AvgIpc) is 3.02. The van der Waals surface area contributed by atoms with Crippen molar-refractivity contribution in [3.8, 4) is 5.75 Å². The predicted molar refractivity (Wildman–Crippen MR) is 112 cm³/mol. The first-order valence-electron chi connectivity index (χ1n) is 10.9. The number of carbonyl (C=O) groups is 2. The van der Waals surface area contributed by atoms with E-state index < -0.39 is 47.3 Å². The zero-order chi connectivity index (χ0) is 24.5. The molecule has 0 saturated heterocycles. The zero-order valence-electron chi connectivity index (χ0n) is 18.0. The van der Waals surface area contributed by atoms with Crippen LogP contribution >= 0.6 is 0 Å². The van der Waals surface area contributed by atoms with Crippen molar-refractivity contribution >= 4 is 17.5 Å². The van der Waals surface area contributed by atoms with E-state index in [4.69, 9.17) is 0 Å². The van der Waals surface area contributed by atoms with Gasteiger partial charge in [-0.15, -0.1) is 13.2 Å². The maximum absolute atomic E-state index is 13.5. The Morgan fingerprint density at radius 1 is 1.12 bits per heavy atom. The van der Waals surface area contributed by atoms with Crippen molar-refractivity contribution in [3.05, 3.63) is 53.6 Å². The molecule has 1 unspecified atom stereocenters. The van der Waals surface area contributed by atoms with Crippen LogP contribution in [0.3, 0.4) is 0 Å². The van der Waals surface area contributed by atoms with E-state index in [-0.39, 0.29) is 18.7 Å². The molecule has 3 aliphatic rings. The largest absolute Gasteiger partial charge is 0.573 e. The Morgan fingerprint density at radius 2 is 1.79 bits per heavy atom. The molecule has 1 saturated carbocycles. The first-order chi connectivity index (χ1) is 16.1. The molecule has 1 N–H and O–H groups in total. The molecule has 2 amide bonds. The smallest absolute Gasteiger partial charge is 0.406 e. The number of halogens is 5. The van der Waals surface area contributed by atoms with E-state index in [1.807, 2.05) is 0 Å². The van der Waals surface area contributed by atoms with Crippen LogP contribution in [-0.2, 0) is 9.59 Å². The minimum atomic E-state index is -4.84. The van der Waals surface area contributed by atoms with E-state index in [9.17, 15) is 31.5 Å². The van der Waals surface area contributed by atoms with Crippen molar-refractivity contribution in [2.75, 3.05) is 6.54 Å². The standard InChI is InChI=1S/C23H22F5N3O3/c24-17-9-6-15(12-18(17)25)29-19(32)13-31-21(33)20(30-22(31)10-2-1-3-11-22)14-4-7-16(8-5-14)34-23(26,27)28/h4-5,7-9,12,15H,1-3,6,10-11,13H2,(H,29,32). The third kappa shape index (κ3) is 5.13. The number of ether oxygens (including phenoxy) is 1. The fourth-order valence-corrected chi connectivity index (χ4v) is 4.50. The summed E-state index contributed by atoms with van der Waals surface area (Å²) < 4.78 is 67.9. The molecule has 0 aromatic heterocycles. The summed E-state index contributed by atoms with van der Waals surface area (Å²) in [6, 6.07) is 4.08. The molecule has 1 heterocycles. The quantitative estimate of drug-likeness (QED) is 0.629. The molecule has 1 atom stereocenters. The zero-order valence-corrected chi connectivity index (χ0v) is 18.0. The first kappa shape index (κ1) is 23.9. The lowest BCUT2D eigenvalue weighted by Crippen LogP contribution is -2.53. The van der Waals surface area contributed by atoms with Crippen LogP contribution in [0.15, 0.2) is 53.1 Å². The fraction of sp³-hybridized carbons (Fsp3) is 0.435. The highest BCUT2D eigenvalue weighted by atomic mass is 19.4. The van der Waals surface area contributed by atoms with Gasteiger partial charge in [0.05, 0.1) is 6.04 Å². The molecule has 1 spiro atoms. The van der Waals surface area contributed by atoms with Gasteiger partial charge in [-0.05, 0) is 68.5 Å². The second kappa shape index (κ2) is 9.19. The number of hydrogen-bond acceptors (Lipinski definition) is 4. The number of carbonyl (C=O) groups excluding carboxylic acids is 2. The summed E-state index contributed by atoms with van der Waals surface area (Å²) in [7, 11) is 0. The minimum Gasteiger partial charge on any atom is -0.406 e. The lowest BCUT2D eigenvalue weighted by Gasteiger charge is -2.39. The van der Waals surface area contributed by atoms with E-state index in [1.54, 1.807) is 0 Å². The molecule has 0 radical (unpaired) electrons. The highest BCUT2D eigenvalue weighted by molar-refractivity contribution is 6.47. The maximum atomic E-state index is 13.5. The van der Waals surface area contributed by atoms with Crippen molar-refractivity contribution in [3.63, 3.8) is 0 Å². The molecule has 34 heavy (non-hydrogen) atoms. The lowest BCUT2D eigenvalue weighted by atomic mass is 9.88. The first-order valence-corrected chi connectivity index (χ1v) is 10.9. The summed E-state index contributed by atoms with van der Waals surface area (Å²) in [5.74, 6) is -3.53. The van der Waals surface area contributed by atoms with Crippen LogP contribution in [0.1, 0.15) is 44.1 Å². The number of allylic oxidation sites excluding steroid dienone is 2.